The Hall–Kier alpha value is -0.370. The van der Waals surface area contributed by atoms with Crippen LogP contribution in [0.4, 0.5) is 0 Å². The molecule has 1 aliphatic rings. The Bertz CT molecular complexity index is 249. The van der Waals surface area contributed by atoms with Crippen LogP contribution in [0.5, 0.6) is 0 Å². The molecule has 94 valence electrons. The molecule has 0 bridgehead atoms. The molecule has 0 aromatic rings. The van der Waals surface area contributed by atoms with Gasteiger partial charge in [0.25, 0.3) is 0 Å². The van der Waals surface area contributed by atoms with Gasteiger partial charge in [-0.3, -0.25) is 9.69 Å². The molecule has 2 heteroatoms. The normalized spacial score (nSPS) is 32.8. The summed E-state index contributed by atoms with van der Waals surface area (Å²) in [5, 5.41) is 0. The average molecular weight is 225 g/mol. The van der Waals surface area contributed by atoms with Gasteiger partial charge in [-0.1, -0.05) is 33.6 Å². The number of hydrogen-bond donors (Lipinski definition) is 0. The van der Waals surface area contributed by atoms with Crippen molar-refractivity contribution in [1.29, 1.82) is 0 Å². The summed E-state index contributed by atoms with van der Waals surface area (Å²) in [6, 6.07) is 0. The highest BCUT2D eigenvalue weighted by Gasteiger charge is 2.44. The summed E-state index contributed by atoms with van der Waals surface area (Å²) in [7, 11) is 4.14. The minimum atomic E-state index is -0.174. The molecule has 0 N–H and O–H groups in total. The summed E-state index contributed by atoms with van der Waals surface area (Å²) in [6.07, 6.45) is 5.53. The fourth-order valence-corrected chi connectivity index (χ4v) is 3.02. The van der Waals surface area contributed by atoms with Crippen LogP contribution in [0.3, 0.4) is 0 Å². The molecule has 0 heterocycles. The first-order valence-corrected chi connectivity index (χ1v) is 6.65. The van der Waals surface area contributed by atoms with Gasteiger partial charge in [-0.2, -0.15) is 0 Å². The van der Waals surface area contributed by atoms with Gasteiger partial charge in [0, 0.05) is 5.92 Å². The second kappa shape index (κ2) is 5.31. The van der Waals surface area contributed by atoms with Gasteiger partial charge in [0.05, 0.1) is 5.54 Å². The summed E-state index contributed by atoms with van der Waals surface area (Å²) < 4.78 is 0. The van der Waals surface area contributed by atoms with E-state index < -0.39 is 0 Å². The molecule has 0 radical (unpaired) electrons. The second-order valence-corrected chi connectivity index (χ2v) is 5.80. The van der Waals surface area contributed by atoms with Gasteiger partial charge in [0.2, 0.25) is 0 Å². The third-order valence-corrected chi connectivity index (χ3v) is 4.35. The number of Topliss-reactive ketones (excluding diaryl/α,β-unsaturated/α-hetero) is 1. The van der Waals surface area contributed by atoms with E-state index in [1.165, 1.54) is 12.8 Å². The molecule has 0 aromatic carbocycles. The molecular formula is C14H27NO. The zero-order valence-electron chi connectivity index (χ0n) is 11.5. The van der Waals surface area contributed by atoms with Gasteiger partial charge in [0.15, 0.2) is 5.78 Å². The smallest absolute Gasteiger partial charge is 0.155 e. The Morgan fingerprint density at radius 1 is 1.50 bits per heavy atom. The van der Waals surface area contributed by atoms with Gasteiger partial charge >= 0.3 is 0 Å². The number of carbonyl (C=O) groups is 1. The van der Waals surface area contributed by atoms with Crippen molar-refractivity contribution in [2.45, 2.75) is 58.4 Å². The van der Waals surface area contributed by atoms with Crippen LogP contribution < -0.4 is 0 Å². The van der Waals surface area contributed by atoms with Crippen LogP contribution in [0.15, 0.2) is 0 Å². The maximum atomic E-state index is 12.6. The van der Waals surface area contributed by atoms with Crippen molar-refractivity contribution in [2.75, 3.05) is 14.1 Å². The molecule has 1 fully saturated rings. The summed E-state index contributed by atoms with van der Waals surface area (Å²) in [5.74, 6) is 1.35. The standard InChI is InChI=1S/C14H27NO/c1-6-12(3)13(16)14(15(4)5)9-7-8-11(2)10-14/h11-12H,6-10H2,1-5H3. The zero-order valence-corrected chi connectivity index (χ0v) is 11.5. The highest BCUT2D eigenvalue weighted by Crippen LogP contribution is 2.38. The van der Waals surface area contributed by atoms with Gasteiger partial charge in [0.1, 0.15) is 0 Å². The van der Waals surface area contributed by atoms with E-state index in [1.54, 1.807) is 0 Å². The van der Waals surface area contributed by atoms with E-state index in [1.807, 2.05) is 0 Å². The van der Waals surface area contributed by atoms with Gasteiger partial charge in [-0.25, -0.2) is 0 Å². The SMILES string of the molecule is CCC(C)C(=O)C1(N(C)C)CCCC(C)C1. The lowest BCUT2D eigenvalue weighted by Gasteiger charge is -2.45. The molecule has 1 aliphatic carbocycles. The molecule has 16 heavy (non-hydrogen) atoms. The zero-order chi connectivity index (χ0) is 12.3. The van der Waals surface area contributed by atoms with E-state index in [-0.39, 0.29) is 11.5 Å². The summed E-state index contributed by atoms with van der Waals surface area (Å²) in [4.78, 5) is 14.8. The first-order valence-electron chi connectivity index (χ1n) is 6.65. The first kappa shape index (κ1) is 13.7. The van der Waals surface area contributed by atoms with E-state index in [2.05, 4.69) is 39.8 Å². The third-order valence-electron chi connectivity index (χ3n) is 4.35. The predicted octanol–water partition coefficient (Wildman–Crippen LogP) is 3.11. The van der Waals surface area contributed by atoms with E-state index in [0.29, 0.717) is 11.7 Å². The maximum Gasteiger partial charge on any atom is 0.155 e. The Morgan fingerprint density at radius 3 is 2.56 bits per heavy atom. The van der Waals surface area contributed by atoms with Crippen molar-refractivity contribution < 1.29 is 4.79 Å². The number of rotatable bonds is 4. The minimum absolute atomic E-state index is 0.174. The fraction of sp³-hybridized carbons (Fsp3) is 0.929. The van der Waals surface area contributed by atoms with Crippen molar-refractivity contribution in [3.05, 3.63) is 0 Å². The Kier molecular flexibility index (Phi) is 4.54. The van der Waals surface area contributed by atoms with Crippen LogP contribution in [-0.4, -0.2) is 30.3 Å². The molecule has 0 amide bonds. The Labute approximate surface area is 100 Å². The number of hydrogen-bond acceptors (Lipinski definition) is 2. The van der Waals surface area contributed by atoms with E-state index in [0.717, 1.165) is 19.3 Å². The lowest BCUT2D eigenvalue weighted by atomic mass is 9.70. The third kappa shape index (κ3) is 2.48. The Morgan fingerprint density at radius 2 is 2.12 bits per heavy atom. The highest BCUT2D eigenvalue weighted by atomic mass is 16.1. The quantitative estimate of drug-likeness (QED) is 0.732. The summed E-state index contributed by atoms with van der Waals surface area (Å²) in [6.45, 7) is 6.46. The van der Waals surface area contributed by atoms with Crippen molar-refractivity contribution >= 4 is 5.78 Å². The van der Waals surface area contributed by atoms with Gasteiger partial charge < -0.3 is 0 Å². The van der Waals surface area contributed by atoms with Crippen molar-refractivity contribution in [1.82, 2.24) is 4.90 Å². The molecule has 3 atom stereocenters. The molecule has 1 saturated carbocycles. The van der Waals surface area contributed by atoms with Gasteiger partial charge in [-0.15, -0.1) is 0 Å². The minimum Gasteiger partial charge on any atom is -0.297 e. The predicted molar refractivity (Wildman–Crippen MR) is 68.5 cm³/mol. The number of ketones is 1. The Balaban J connectivity index is 2.92. The maximum absolute atomic E-state index is 12.6. The highest BCUT2D eigenvalue weighted by molar-refractivity contribution is 5.90. The molecule has 2 nitrogen and oxygen atoms in total. The molecule has 0 spiro atoms. The number of carbonyl (C=O) groups excluding carboxylic acids is 1. The first-order chi connectivity index (χ1) is 7.44. The van der Waals surface area contributed by atoms with Gasteiger partial charge in [-0.05, 0) is 39.3 Å². The fourth-order valence-electron chi connectivity index (χ4n) is 3.02. The summed E-state index contributed by atoms with van der Waals surface area (Å²) >= 11 is 0. The van der Waals surface area contributed by atoms with E-state index in [9.17, 15) is 4.79 Å². The number of likely N-dealkylation sites (N-methyl/N-ethyl adjacent to an activating group) is 1. The molecule has 3 unspecified atom stereocenters. The number of nitrogens with zero attached hydrogens (tertiary/aromatic N) is 1. The molecule has 0 aromatic heterocycles. The van der Waals surface area contributed by atoms with Crippen LogP contribution >= 0.6 is 0 Å². The lowest BCUT2D eigenvalue weighted by molar-refractivity contribution is -0.136. The molecule has 0 aliphatic heterocycles. The van der Waals surface area contributed by atoms with E-state index >= 15 is 0 Å². The molecule has 1 rings (SSSR count). The van der Waals surface area contributed by atoms with Crippen molar-refractivity contribution in [3.63, 3.8) is 0 Å². The van der Waals surface area contributed by atoms with Crippen LogP contribution in [0, 0.1) is 11.8 Å². The van der Waals surface area contributed by atoms with Crippen LogP contribution in [0.1, 0.15) is 52.9 Å². The largest absolute Gasteiger partial charge is 0.297 e. The topological polar surface area (TPSA) is 20.3 Å². The monoisotopic (exact) mass is 225 g/mol. The second-order valence-electron chi connectivity index (χ2n) is 5.80. The molecule has 0 saturated heterocycles. The average Bonchev–Trinajstić information content (AvgIpc) is 2.26. The lowest BCUT2D eigenvalue weighted by Crippen LogP contribution is -2.55. The van der Waals surface area contributed by atoms with Crippen molar-refractivity contribution in [2.24, 2.45) is 11.8 Å². The van der Waals surface area contributed by atoms with E-state index in [4.69, 9.17) is 0 Å². The molecular weight excluding hydrogens is 198 g/mol. The summed E-state index contributed by atoms with van der Waals surface area (Å²) in [5.41, 5.74) is -0.174. The van der Waals surface area contributed by atoms with Crippen molar-refractivity contribution in [3.8, 4) is 0 Å². The van der Waals surface area contributed by atoms with Crippen LogP contribution in [-0.2, 0) is 4.79 Å². The van der Waals surface area contributed by atoms with Crippen LogP contribution in [0.2, 0.25) is 0 Å². The van der Waals surface area contributed by atoms with Crippen LogP contribution in [0.25, 0.3) is 0 Å².